The molecule has 1 aliphatic rings. The average Bonchev–Trinajstić information content (AvgIpc) is 2.75. The second-order valence-corrected chi connectivity index (χ2v) is 4.90. The summed E-state index contributed by atoms with van der Waals surface area (Å²) < 4.78 is 15.9. The van der Waals surface area contributed by atoms with Gasteiger partial charge in [-0.3, -0.25) is 0 Å². The number of carbonyl (C=O) groups excluding carboxylic acids is 1. The van der Waals surface area contributed by atoms with Gasteiger partial charge in [0.2, 0.25) is 0 Å². The van der Waals surface area contributed by atoms with E-state index in [1.807, 2.05) is 0 Å². The number of hydrogen-bond acceptors (Lipinski definition) is 5. The highest BCUT2D eigenvalue weighted by Gasteiger charge is 2.33. The van der Waals surface area contributed by atoms with E-state index in [9.17, 15) is 9.59 Å². The first-order valence-electron chi connectivity index (χ1n) is 6.20. The number of benzene rings is 1. The molecule has 1 heterocycles. The predicted molar refractivity (Wildman–Crippen MR) is 68.6 cm³/mol. The number of carboxylic acids is 1. The Morgan fingerprint density at radius 3 is 2.55 bits per heavy atom. The zero-order chi connectivity index (χ0) is 14.8. The van der Waals surface area contributed by atoms with Crippen molar-refractivity contribution in [3.63, 3.8) is 0 Å². The van der Waals surface area contributed by atoms with Crippen LogP contribution in [-0.2, 0) is 14.2 Å². The predicted octanol–water partition coefficient (Wildman–Crippen LogP) is 1.69. The van der Waals surface area contributed by atoms with Crippen LogP contribution in [0, 0.1) is 0 Å². The molecule has 6 nitrogen and oxygen atoms in total. The summed E-state index contributed by atoms with van der Waals surface area (Å²) in [7, 11) is 0. The van der Waals surface area contributed by atoms with Gasteiger partial charge in [-0.15, -0.1) is 0 Å². The summed E-state index contributed by atoms with van der Waals surface area (Å²) >= 11 is 0. The molecule has 0 spiro atoms. The Bertz CT molecular complexity index is 522. The average molecular weight is 280 g/mol. The molecule has 0 aromatic heterocycles. The van der Waals surface area contributed by atoms with Gasteiger partial charge >= 0.3 is 11.9 Å². The maximum atomic E-state index is 11.9. The van der Waals surface area contributed by atoms with Gasteiger partial charge < -0.3 is 19.3 Å². The van der Waals surface area contributed by atoms with E-state index in [1.165, 1.54) is 12.1 Å². The van der Waals surface area contributed by atoms with E-state index in [2.05, 4.69) is 0 Å². The van der Waals surface area contributed by atoms with Gasteiger partial charge in [0.1, 0.15) is 12.7 Å². The van der Waals surface area contributed by atoms with E-state index in [-0.39, 0.29) is 23.8 Å². The molecule has 1 aromatic rings. The van der Waals surface area contributed by atoms with Crippen molar-refractivity contribution in [3.8, 4) is 0 Å². The van der Waals surface area contributed by atoms with Crippen molar-refractivity contribution in [1.29, 1.82) is 0 Å². The molecule has 0 saturated carbocycles. The number of carbonyl (C=O) groups is 2. The highest BCUT2D eigenvalue weighted by Crippen LogP contribution is 2.22. The largest absolute Gasteiger partial charge is 0.478 e. The van der Waals surface area contributed by atoms with Gasteiger partial charge in [-0.2, -0.15) is 0 Å². The number of esters is 1. The topological polar surface area (TPSA) is 82.1 Å². The molecule has 0 aliphatic carbocycles. The molecule has 1 saturated heterocycles. The van der Waals surface area contributed by atoms with Crippen LogP contribution >= 0.6 is 0 Å². The number of ether oxygens (including phenoxy) is 3. The van der Waals surface area contributed by atoms with E-state index in [0.29, 0.717) is 6.61 Å². The lowest BCUT2D eigenvalue weighted by atomic mass is 10.1. The summed E-state index contributed by atoms with van der Waals surface area (Å²) in [5, 5.41) is 9.01. The molecular formula is C14H16O6. The zero-order valence-electron chi connectivity index (χ0n) is 11.3. The van der Waals surface area contributed by atoms with E-state index in [0.717, 1.165) is 0 Å². The van der Waals surface area contributed by atoms with Crippen molar-refractivity contribution in [1.82, 2.24) is 0 Å². The summed E-state index contributed by atoms with van der Waals surface area (Å²) in [4.78, 5) is 22.9. The van der Waals surface area contributed by atoms with E-state index in [4.69, 9.17) is 19.3 Å². The summed E-state index contributed by atoms with van der Waals surface area (Å²) in [5.74, 6) is -2.54. The first-order valence-corrected chi connectivity index (χ1v) is 6.20. The smallest absolute Gasteiger partial charge is 0.339 e. The Kier molecular flexibility index (Phi) is 4.06. The molecule has 108 valence electrons. The maximum Gasteiger partial charge on any atom is 0.339 e. The zero-order valence-corrected chi connectivity index (χ0v) is 11.3. The molecule has 1 atom stereocenters. The first-order chi connectivity index (χ1) is 9.39. The summed E-state index contributed by atoms with van der Waals surface area (Å²) in [6, 6.07) is 5.91. The minimum atomic E-state index is -1.17. The maximum absolute atomic E-state index is 11.9. The number of hydrogen-bond donors (Lipinski definition) is 1. The van der Waals surface area contributed by atoms with Gasteiger partial charge in [0.15, 0.2) is 5.79 Å². The molecule has 2 rings (SSSR count). The van der Waals surface area contributed by atoms with Crippen molar-refractivity contribution >= 4 is 11.9 Å². The van der Waals surface area contributed by atoms with Crippen LogP contribution in [0.2, 0.25) is 0 Å². The first kappa shape index (κ1) is 14.5. The fourth-order valence-electron chi connectivity index (χ4n) is 1.94. The third kappa shape index (κ3) is 3.34. The Labute approximate surface area is 116 Å². The molecule has 1 aromatic carbocycles. The van der Waals surface area contributed by atoms with Crippen LogP contribution in [0.3, 0.4) is 0 Å². The fraction of sp³-hybridized carbons (Fsp3) is 0.429. The molecule has 0 amide bonds. The highest BCUT2D eigenvalue weighted by molar-refractivity contribution is 6.02. The number of rotatable bonds is 4. The Morgan fingerprint density at radius 2 is 2.00 bits per heavy atom. The van der Waals surface area contributed by atoms with Crippen molar-refractivity contribution in [2.24, 2.45) is 0 Å². The Morgan fingerprint density at radius 1 is 1.35 bits per heavy atom. The Balaban J connectivity index is 1.98. The normalized spacial score (nSPS) is 20.6. The lowest BCUT2D eigenvalue weighted by Gasteiger charge is -2.17. The minimum absolute atomic E-state index is 0.0240. The van der Waals surface area contributed by atoms with Crippen LogP contribution < -0.4 is 0 Å². The Hall–Kier alpha value is -1.92. The lowest BCUT2D eigenvalue weighted by molar-refractivity contribution is -0.142. The lowest BCUT2D eigenvalue weighted by Crippen LogP contribution is -2.25. The van der Waals surface area contributed by atoms with Crippen LogP contribution in [0.1, 0.15) is 34.6 Å². The summed E-state index contributed by atoms with van der Waals surface area (Å²) in [6.45, 7) is 3.90. The number of carboxylic acid groups (broad SMARTS) is 1. The summed E-state index contributed by atoms with van der Waals surface area (Å²) in [5.41, 5.74) is -0.0559. The van der Waals surface area contributed by atoms with Crippen molar-refractivity contribution in [2.45, 2.75) is 25.7 Å². The van der Waals surface area contributed by atoms with Gasteiger partial charge in [0, 0.05) is 0 Å². The molecule has 0 unspecified atom stereocenters. The quantitative estimate of drug-likeness (QED) is 0.845. The van der Waals surface area contributed by atoms with E-state index >= 15 is 0 Å². The second-order valence-electron chi connectivity index (χ2n) is 4.90. The van der Waals surface area contributed by atoms with Gasteiger partial charge in [-0.05, 0) is 26.0 Å². The molecule has 1 N–H and O–H groups in total. The third-order valence-corrected chi connectivity index (χ3v) is 2.85. The van der Waals surface area contributed by atoms with Gasteiger partial charge in [0.25, 0.3) is 0 Å². The van der Waals surface area contributed by atoms with E-state index in [1.54, 1.807) is 26.0 Å². The molecule has 1 aliphatic heterocycles. The van der Waals surface area contributed by atoms with Gasteiger partial charge in [-0.1, -0.05) is 12.1 Å². The molecule has 20 heavy (non-hydrogen) atoms. The van der Waals surface area contributed by atoms with Crippen LogP contribution in [0.25, 0.3) is 0 Å². The van der Waals surface area contributed by atoms with Crippen molar-refractivity contribution in [3.05, 3.63) is 35.4 Å². The van der Waals surface area contributed by atoms with Crippen LogP contribution in [0.4, 0.5) is 0 Å². The minimum Gasteiger partial charge on any atom is -0.478 e. The monoisotopic (exact) mass is 280 g/mol. The molecule has 1 fully saturated rings. The van der Waals surface area contributed by atoms with Crippen LogP contribution in [0.5, 0.6) is 0 Å². The summed E-state index contributed by atoms with van der Waals surface area (Å²) in [6.07, 6.45) is -0.342. The third-order valence-electron chi connectivity index (χ3n) is 2.85. The molecular weight excluding hydrogens is 264 g/mol. The standard InChI is InChI=1S/C14H16O6/c1-14(2)19-8-9(20-14)7-18-13(17)11-6-4-3-5-10(11)12(15)16/h3-6,9H,7-8H2,1-2H3,(H,15,16)/t9-/m0/s1. The van der Waals surface area contributed by atoms with Crippen molar-refractivity contribution in [2.75, 3.05) is 13.2 Å². The van der Waals surface area contributed by atoms with Crippen LogP contribution in [-0.4, -0.2) is 42.1 Å². The van der Waals surface area contributed by atoms with E-state index < -0.39 is 17.7 Å². The second kappa shape index (κ2) is 5.60. The molecule has 0 bridgehead atoms. The van der Waals surface area contributed by atoms with Gasteiger partial charge in [0.05, 0.1) is 17.7 Å². The van der Waals surface area contributed by atoms with Gasteiger partial charge in [-0.25, -0.2) is 9.59 Å². The molecule has 6 heteroatoms. The fourth-order valence-corrected chi connectivity index (χ4v) is 1.94. The molecule has 0 radical (unpaired) electrons. The SMILES string of the molecule is CC1(C)OC[C@H](COC(=O)c2ccccc2C(=O)O)O1. The number of aromatic carboxylic acids is 1. The van der Waals surface area contributed by atoms with Crippen molar-refractivity contribution < 1.29 is 28.9 Å². The van der Waals surface area contributed by atoms with Crippen LogP contribution in [0.15, 0.2) is 24.3 Å². The highest BCUT2D eigenvalue weighted by atomic mass is 16.7.